The minimum atomic E-state index is -0.943. The largest absolute Gasteiger partial charge is 0.494 e. The highest BCUT2D eigenvalue weighted by molar-refractivity contribution is 5.83. The molecule has 1 aliphatic heterocycles. The van der Waals surface area contributed by atoms with Gasteiger partial charge in [0.1, 0.15) is 11.9 Å². The van der Waals surface area contributed by atoms with Crippen LogP contribution in [0.3, 0.4) is 0 Å². The van der Waals surface area contributed by atoms with Gasteiger partial charge in [0.2, 0.25) is 0 Å². The number of rotatable bonds is 11. The van der Waals surface area contributed by atoms with Gasteiger partial charge in [-0.2, -0.15) is 0 Å². The number of nitrogens with zero attached hydrogens (tertiary/aromatic N) is 1. The molecule has 4 aromatic rings. The van der Waals surface area contributed by atoms with E-state index in [0.717, 1.165) is 39.8 Å². The second kappa shape index (κ2) is 13.1. The first-order valence-corrected chi connectivity index (χ1v) is 13.3. The molecule has 0 radical (unpaired) electrons. The molecule has 200 valence electrons. The molecule has 1 heterocycles. The maximum Gasteiger partial charge on any atom is 0.407 e. The van der Waals surface area contributed by atoms with Crippen molar-refractivity contribution in [2.24, 2.45) is 0 Å². The molecule has 1 N–H and O–H groups in total. The molecule has 1 unspecified atom stereocenters. The summed E-state index contributed by atoms with van der Waals surface area (Å²) in [6.45, 7) is 2.83. The number of hydrogen-bond donors (Lipinski definition) is 1. The minimum Gasteiger partial charge on any atom is -0.494 e. The van der Waals surface area contributed by atoms with Crippen LogP contribution >= 0.6 is 0 Å². The van der Waals surface area contributed by atoms with E-state index in [9.17, 15) is 9.90 Å². The third kappa shape index (κ3) is 7.25. The molecular weight excluding hydrogens is 490 g/mol. The Balaban J connectivity index is 1.16. The second-order valence-electron chi connectivity index (χ2n) is 9.59. The lowest BCUT2D eigenvalue weighted by molar-refractivity contribution is 0.0477. The van der Waals surface area contributed by atoms with Gasteiger partial charge in [0.15, 0.2) is 0 Å². The lowest BCUT2D eigenvalue weighted by Gasteiger charge is -2.31. The first-order chi connectivity index (χ1) is 19.2. The van der Waals surface area contributed by atoms with Crippen molar-refractivity contribution in [2.45, 2.75) is 25.7 Å². The lowest BCUT2D eigenvalue weighted by atomic mass is 9.96. The zero-order valence-corrected chi connectivity index (χ0v) is 21.9. The van der Waals surface area contributed by atoms with Crippen molar-refractivity contribution >= 4 is 22.4 Å². The number of ether oxygens (including phenoxy) is 3. The minimum absolute atomic E-state index is 0.288. The van der Waals surface area contributed by atoms with E-state index in [1.54, 1.807) is 0 Å². The summed E-state index contributed by atoms with van der Waals surface area (Å²) in [6, 6.07) is 32.5. The molecule has 6 nitrogen and oxygen atoms in total. The van der Waals surface area contributed by atoms with Gasteiger partial charge in [-0.15, -0.1) is 0 Å². The van der Waals surface area contributed by atoms with Crippen molar-refractivity contribution in [2.75, 3.05) is 26.3 Å². The Morgan fingerprint density at radius 3 is 2.38 bits per heavy atom. The maximum absolute atomic E-state index is 11.7. The maximum atomic E-state index is 11.7. The zero-order valence-electron chi connectivity index (χ0n) is 21.9. The predicted molar refractivity (Wildman–Crippen MR) is 153 cm³/mol. The van der Waals surface area contributed by atoms with Gasteiger partial charge < -0.3 is 24.2 Å². The fourth-order valence-corrected chi connectivity index (χ4v) is 4.70. The monoisotopic (exact) mass is 523 g/mol. The van der Waals surface area contributed by atoms with Crippen LogP contribution < -0.4 is 4.74 Å². The first kappa shape index (κ1) is 26.5. The van der Waals surface area contributed by atoms with Crippen LogP contribution in [0.15, 0.2) is 103 Å². The van der Waals surface area contributed by atoms with Crippen molar-refractivity contribution < 1.29 is 24.1 Å². The molecule has 0 saturated carbocycles. The van der Waals surface area contributed by atoms with E-state index >= 15 is 0 Å². The summed E-state index contributed by atoms with van der Waals surface area (Å²) in [5.74, 6) is 0.791. The van der Waals surface area contributed by atoms with Gasteiger partial charge in [0, 0.05) is 13.0 Å². The lowest BCUT2D eigenvalue weighted by Crippen LogP contribution is -2.41. The Kier molecular flexibility index (Phi) is 8.89. The molecule has 1 atom stereocenters. The van der Waals surface area contributed by atoms with Gasteiger partial charge in [-0.05, 0) is 51.2 Å². The molecule has 6 heteroatoms. The van der Waals surface area contributed by atoms with E-state index < -0.39 is 6.09 Å². The SMILES string of the molecule is O=C(O)N1CC=C(c2ccc(OCCCOCc3ccccc3)cc2)C(OCc2ccc3ccccc3c2)C1. The normalized spacial score (nSPS) is 15.2. The number of amides is 1. The Morgan fingerprint density at radius 1 is 0.821 bits per heavy atom. The van der Waals surface area contributed by atoms with Crippen molar-refractivity contribution in [3.63, 3.8) is 0 Å². The van der Waals surface area contributed by atoms with E-state index in [2.05, 4.69) is 42.5 Å². The number of fused-ring (bicyclic) bond motifs is 1. The van der Waals surface area contributed by atoms with Crippen LogP contribution in [0.4, 0.5) is 4.79 Å². The van der Waals surface area contributed by atoms with Gasteiger partial charge in [-0.25, -0.2) is 4.79 Å². The summed E-state index contributed by atoms with van der Waals surface area (Å²) in [5.41, 5.74) is 4.21. The highest BCUT2D eigenvalue weighted by atomic mass is 16.5. The predicted octanol–water partition coefficient (Wildman–Crippen LogP) is 6.79. The van der Waals surface area contributed by atoms with Gasteiger partial charge in [-0.1, -0.05) is 84.9 Å². The van der Waals surface area contributed by atoms with Gasteiger partial charge in [-0.3, -0.25) is 0 Å². The molecule has 0 fully saturated rings. The highest BCUT2D eigenvalue weighted by Crippen LogP contribution is 2.28. The smallest absolute Gasteiger partial charge is 0.407 e. The number of benzene rings is 4. The topological polar surface area (TPSA) is 68.2 Å². The molecule has 0 spiro atoms. The Labute approximate surface area is 229 Å². The molecule has 0 aromatic heterocycles. The molecule has 1 aliphatic rings. The summed E-state index contributed by atoms with van der Waals surface area (Å²) in [4.78, 5) is 13.0. The first-order valence-electron chi connectivity index (χ1n) is 13.3. The molecule has 39 heavy (non-hydrogen) atoms. The molecule has 4 aromatic carbocycles. The van der Waals surface area contributed by atoms with Crippen molar-refractivity contribution in [1.82, 2.24) is 4.90 Å². The van der Waals surface area contributed by atoms with E-state index in [4.69, 9.17) is 14.2 Å². The van der Waals surface area contributed by atoms with Crippen LogP contribution in [0, 0.1) is 0 Å². The molecule has 0 bridgehead atoms. The average molecular weight is 524 g/mol. The molecular formula is C33H33NO5. The van der Waals surface area contributed by atoms with Gasteiger partial charge in [0.25, 0.3) is 0 Å². The van der Waals surface area contributed by atoms with E-state index in [-0.39, 0.29) is 12.6 Å². The molecule has 0 saturated heterocycles. The van der Waals surface area contributed by atoms with Crippen LogP contribution in [-0.4, -0.2) is 48.5 Å². The summed E-state index contributed by atoms with van der Waals surface area (Å²) in [7, 11) is 0. The van der Waals surface area contributed by atoms with Crippen LogP contribution in [0.1, 0.15) is 23.1 Å². The van der Waals surface area contributed by atoms with Gasteiger partial charge >= 0.3 is 6.09 Å². The summed E-state index contributed by atoms with van der Waals surface area (Å²) in [5, 5.41) is 11.9. The summed E-state index contributed by atoms with van der Waals surface area (Å²) in [6.07, 6.45) is 1.44. The van der Waals surface area contributed by atoms with E-state index in [1.807, 2.05) is 60.7 Å². The van der Waals surface area contributed by atoms with Crippen LogP contribution in [-0.2, 0) is 22.7 Å². The summed E-state index contributed by atoms with van der Waals surface area (Å²) < 4.78 is 17.9. The van der Waals surface area contributed by atoms with Crippen molar-refractivity contribution in [3.8, 4) is 5.75 Å². The van der Waals surface area contributed by atoms with Gasteiger partial charge in [0.05, 0.1) is 33.0 Å². The fraction of sp³-hybridized carbons (Fsp3) is 0.242. The third-order valence-corrected chi connectivity index (χ3v) is 6.80. The van der Waals surface area contributed by atoms with E-state index in [1.165, 1.54) is 10.3 Å². The molecule has 0 aliphatic carbocycles. The standard InChI is InChI=1S/C33H33NO5/c35-33(36)34-18-17-31(32(22-34)39-24-26-11-12-27-9-4-5-10-29(27)21-26)28-13-15-30(16-14-28)38-20-6-19-37-23-25-7-2-1-3-8-25/h1-5,7-17,21,32H,6,18-20,22-24H2,(H,35,36). The number of carboxylic acid groups (broad SMARTS) is 1. The van der Waals surface area contributed by atoms with Crippen LogP contribution in [0.5, 0.6) is 5.75 Å². The third-order valence-electron chi connectivity index (χ3n) is 6.80. The molecule has 5 rings (SSSR count). The quantitative estimate of drug-likeness (QED) is 0.219. The van der Waals surface area contributed by atoms with E-state index in [0.29, 0.717) is 33.0 Å². The second-order valence-corrected chi connectivity index (χ2v) is 9.59. The Morgan fingerprint density at radius 2 is 1.59 bits per heavy atom. The average Bonchev–Trinajstić information content (AvgIpc) is 2.98. The zero-order chi connectivity index (χ0) is 26.9. The Hall–Kier alpha value is -4.13. The number of carbonyl (C=O) groups is 1. The summed E-state index contributed by atoms with van der Waals surface area (Å²) >= 11 is 0. The van der Waals surface area contributed by atoms with Crippen molar-refractivity contribution in [1.29, 1.82) is 0 Å². The van der Waals surface area contributed by atoms with Crippen LogP contribution in [0.25, 0.3) is 16.3 Å². The Bertz CT molecular complexity index is 1400. The van der Waals surface area contributed by atoms with Crippen molar-refractivity contribution in [3.05, 3.63) is 120 Å². The number of hydrogen-bond acceptors (Lipinski definition) is 4. The fourth-order valence-electron chi connectivity index (χ4n) is 4.70. The van der Waals surface area contributed by atoms with Crippen LogP contribution in [0.2, 0.25) is 0 Å². The highest BCUT2D eigenvalue weighted by Gasteiger charge is 2.27. The molecule has 1 amide bonds.